The molecule has 0 aliphatic rings. The summed E-state index contributed by atoms with van der Waals surface area (Å²) in [6, 6.07) is 4.84. The molecule has 0 radical (unpaired) electrons. The molecule has 110 valence electrons. The Morgan fingerprint density at radius 1 is 1.33 bits per heavy atom. The molecule has 0 unspecified atom stereocenters. The number of pyridine rings is 1. The highest BCUT2D eigenvalue weighted by Gasteiger charge is 2.14. The Bertz CT molecular complexity index is 679. The van der Waals surface area contributed by atoms with E-state index >= 15 is 0 Å². The van der Waals surface area contributed by atoms with E-state index in [-0.39, 0.29) is 16.4 Å². The van der Waals surface area contributed by atoms with E-state index in [1.54, 1.807) is 0 Å². The second-order valence-electron chi connectivity index (χ2n) is 4.16. The molecule has 4 nitrogen and oxygen atoms in total. The smallest absolute Gasteiger partial charge is 0.259 e. The first-order valence-corrected chi connectivity index (χ1v) is 6.55. The molecule has 21 heavy (non-hydrogen) atoms. The van der Waals surface area contributed by atoms with Gasteiger partial charge in [-0.3, -0.25) is 4.79 Å². The molecule has 0 aliphatic heterocycles. The summed E-state index contributed by atoms with van der Waals surface area (Å²) in [5.41, 5.74) is 0.357. The summed E-state index contributed by atoms with van der Waals surface area (Å²) in [4.78, 5) is 16.0. The van der Waals surface area contributed by atoms with Gasteiger partial charge in [-0.1, -0.05) is 11.6 Å². The van der Waals surface area contributed by atoms with Gasteiger partial charge in [0.1, 0.15) is 17.5 Å². The Labute approximate surface area is 125 Å². The van der Waals surface area contributed by atoms with Crippen molar-refractivity contribution in [2.75, 3.05) is 17.2 Å². The number of carbonyl (C=O) groups is 1. The minimum Gasteiger partial charge on any atom is -0.370 e. The van der Waals surface area contributed by atoms with E-state index in [0.717, 1.165) is 18.3 Å². The van der Waals surface area contributed by atoms with Gasteiger partial charge in [0.05, 0.1) is 16.8 Å². The molecular weight excluding hydrogens is 300 g/mol. The third-order valence-corrected chi connectivity index (χ3v) is 2.91. The van der Waals surface area contributed by atoms with Crippen molar-refractivity contribution in [1.82, 2.24) is 4.98 Å². The Morgan fingerprint density at radius 3 is 2.76 bits per heavy atom. The molecule has 0 bridgehead atoms. The van der Waals surface area contributed by atoms with Crippen LogP contribution < -0.4 is 10.6 Å². The average Bonchev–Trinajstić information content (AvgIpc) is 2.45. The van der Waals surface area contributed by atoms with Gasteiger partial charge in [-0.2, -0.15) is 0 Å². The quantitative estimate of drug-likeness (QED) is 0.905. The van der Waals surface area contributed by atoms with E-state index in [9.17, 15) is 13.6 Å². The maximum absolute atomic E-state index is 13.3. The van der Waals surface area contributed by atoms with Crippen molar-refractivity contribution < 1.29 is 13.6 Å². The molecule has 0 fully saturated rings. The van der Waals surface area contributed by atoms with Crippen molar-refractivity contribution in [3.8, 4) is 0 Å². The van der Waals surface area contributed by atoms with Crippen LogP contribution in [0.2, 0.25) is 5.02 Å². The van der Waals surface area contributed by atoms with Crippen LogP contribution in [0.15, 0.2) is 30.5 Å². The normalized spacial score (nSPS) is 10.3. The highest BCUT2D eigenvalue weighted by atomic mass is 35.5. The Kier molecular flexibility index (Phi) is 4.70. The summed E-state index contributed by atoms with van der Waals surface area (Å²) < 4.78 is 26.3. The average molecular weight is 312 g/mol. The van der Waals surface area contributed by atoms with E-state index in [0.29, 0.717) is 12.2 Å². The number of nitrogens with zero attached hydrogens (tertiary/aromatic N) is 1. The molecular formula is C14H12ClF2N3O. The van der Waals surface area contributed by atoms with Crippen LogP contribution >= 0.6 is 11.6 Å². The lowest BCUT2D eigenvalue weighted by Gasteiger charge is -2.10. The number of carbonyl (C=O) groups excluding carboxylic acids is 1. The van der Waals surface area contributed by atoms with Crippen LogP contribution in [0.1, 0.15) is 17.3 Å². The lowest BCUT2D eigenvalue weighted by molar-refractivity contribution is 0.102. The lowest BCUT2D eigenvalue weighted by atomic mass is 10.2. The molecule has 2 rings (SSSR count). The topological polar surface area (TPSA) is 54.0 Å². The summed E-state index contributed by atoms with van der Waals surface area (Å²) in [5.74, 6) is -1.51. The highest BCUT2D eigenvalue weighted by molar-refractivity contribution is 6.31. The molecule has 1 heterocycles. The molecule has 1 aromatic heterocycles. The van der Waals surface area contributed by atoms with E-state index in [1.165, 1.54) is 12.1 Å². The standard InChI is InChI=1S/C14H12ClF2N3O/c1-2-18-13-10(5-8(16)7-19-13)14(21)20-9-3-4-12(17)11(15)6-9/h3-7H,2H2,1H3,(H,18,19)(H,20,21). The zero-order chi connectivity index (χ0) is 15.4. The maximum atomic E-state index is 13.3. The second kappa shape index (κ2) is 6.49. The molecule has 1 amide bonds. The zero-order valence-corrected chi connectivity index (χ0v) is 11.8. The Morgan fingerprint density at radius 2 is 2.10 bits per heavy atom. The second-order valence-corrected chi connectivity index (χ2v) is 4.57. The van der Waals surface area contributed by atoms with Gasteiger partial charge < -0.3 is 10.6 Å². The summed E-state index contributed by atoms with van der Waals surface area (Å²) in [6.07, 6.45) is 1.02. The lowest BCUT2D eigenvalue weighted by Crippen LogP contribution is -2.16. The number of hydrogen-bond donors (Lipinski definition) is 2. The summed E-state index contributed by atoms with van der Waals surface area (Å²) in [5, 5.41) is 5.27. The molecule has 0 atom stereocenters. The molecule has 0 saturated carbocycles. The largest absolute Gasteiger partial charge is 0.370 e. The molecule has 7 heteroatoms. The van der Waals surface area contributed by atoms with E-state index in [2.05, 4.69) is 15.6 Å². The zero-order valence-electron chi connectivity index (χ0n) is 11.1. The number of aromatic nitrogens is 1. The predicted molar refractivity (Wildman–Crippen MR) is 77.7 cm³/mol. The van der Waals surface area contributed by atoms with Crippen molar-refractivity contribution in [1.29, 1.82) is 0 Å². The van der Waals surface area contributed by atoms with Gasteiger partial charge in [-0.25, -0.2) is 13.8 Å². The predicted octanol–water partition coefficient (Wildman–Crippen LogP) is 3.70. The Hall–Kier alpha value is -2.21. The van der Waals surface area contributed by atoms with E-state index in [4.69, 9.17) is 11.6 Å². The summed E-state index contributed by atoms with van der Waals surface area (Å²) in [7, 11) is 0. The van der Waals surface area contributed by atoms with Crippen molar-refractivity contribution in [3.63, 3.8) is 0 Å². The minimum absolute atomic E-state index is 0.0531. The maximum Gasteiger partial charge on any atom is 0.259 e. The van der Waals surface area contributed by atoms with Gasteiger partial charge in [-0.05, 0) is 31.2 Å². The van der Waals surface area contributed by atoms with Crippen molar-refractivity contribution >= 4 is 29.0 Å². The van der Waals surface area contributed by atoms with Gasteiger partial charge >= 0.3 is 0 Å². The van der Waals surface area contributed by atoms with Crippen LogP contribution in [0.3, 0.4) is 0 Å². The van der Waals surface area contributed by atoms with E-state index in [1.807, 2.05) is 6.92 Å². The number of benzene rings is 1. The van der Waals surface area contributed by atoms with Crippen LogP contribution in [-0.4, -0.2) is 17.4 Å². The molecule has 0 saturated heterocycles. The highest BCUT2D eigenvalue weighted by Crippen LogP contribution is 2.21. The van der Waals surface area contributed by atoms with Gasteiger partial charge in [0.15, 0.2) is 0 Å². The number of amides is 1. The van der Waals surface area contributed by atoms with Crippen LogP contribution in [0.25, 0.3) is 0 Å². The van der Waals surface area contributed by atoms with E-state index < -0.39 is 17.5 Å². The van der Waals surface area contributed by atoms with Crippen molar-refractivity contribution in [3.05, 3.63) is 52.7 Å². The number of hydrogen-bond acceptors (Lipinski definition) is 3. The number of halogens is 3. The van der Waals surface area contributed by atoms with Gasteiger partial charge in [0.25, 0.3) is 5.91 Å². The molecule has 2 N–H and O–H groups in total. The van der Waals surface area contributed by atoms with Gasteiger partial charge in [0, 0.05) is 12.2 Å². The molecule has 0 aliphatic carbocycles. The van der Waals surface area contributed by atoms with Crippen LogP contribution in [0.5, 0.6) is 0 Å². The first-order valence-electron chi connectivity index (χ1n) is 6.17. The van der Waals surface area contributed by atoms with Crippen LogP contribution in [0, 0.1) is 11.6 Å². The fraction of sp³-hybridized carbons (Fsp3) is 0.143. The molecule has 0 spiro atoms. The Balaban J connectivity index is 2.27. The summed E-state index contributed by atoms with van der Waals surface area (Å²) in [6.45, 7) is 2.35. The number of rotatable bonds is 4. The fourth-order valence-corrected chi connectivity index (χ4v) is 1.87. The monoisotopic (exact) mass is 311 g/mol. The van der Waals surface area contributed by atoms with Gasteiger partial charge in [0.2, 0.25) is 0 Å². The molecule has 1 aromatic carbocycles. The minimum atomic E-state index is -0.626. The van der Waals surface area contributed by atoms with Gasteiger partial charge in [-0.15, -0.1) is 0 Å². The summed E-state index contributed by atoms with van der Waals surface area (Å²) >= 11 is 5.64. The fourth-order valence-electron chi connectivity index (χ4n) is 1.69. The van der Waals surface area contributed by atoms with Crippen molar-refractivity contribution in [2.24, 2.45) is 0 Å². The first-order chi connectivity index (χ1) is 10.0. The molecule has 2 aromatic rings. The van der Waals surface area contributed by atoms with Crippen LogP contribution in [0.4, 0.5) is 20.3 Å². The first kappa shape index (κ1) is 15.2. The third-order valence-electron chi connectivity index (χ3n) is 2.62. The SMILES string of the molecule is CCNc1ncc(F)cc1C(=O)Nc1ccc(F)c(Cl)c1. The number of nitrogens with one attached hydrogen (secondary N) is 2. The third kappa shape index (κ3) is 3.66. The number of anilines is 2. The van der Waals surface area contributed by atoms with Crippen molar-refractivity contribution in [2.45, 2.75) is 6.92 Å². The van der Waals surface area contributed by atoms with Crippen LogP contribution in [-0.2, 0) is 0 Å².